The lowest BCUT2D eigenvalue weighted by atomic mass is 10.1. The lowest BCUT2D eigenvalue weighted by Gasteiger charge is -2.22. The maximum atomic E-state index is 10.9. The Balaban J connectivity index is 2.16. The van der Waals surface area contributed by atoms with Crippen LogP contribution in [0.2, 0.25) is 0 Å². The molecule has 1 fully saturated rings. The number of nitrogen functional groups attached to an aromatic ring is 1. The first-order chi connectivity index (χ1) is 8.49. The molecular formula is C13H19N3O2. The summed E-state index contributed by atoms with van der Waals surface area (Å²) >= 11 is 0. The molecule has 1 aliphatic heterocycles. The lowest BCUT2D eigenvalue weighted by molar-refractivity contribution is 0.0698. The van der Waals surface area contributed by atoms with Crippen LogP contribution in [0, 0.1) is 0 Å². The fraction of sp³-hybridized carbons (Fsp3) is 0.462. The van der Waals surface area contributed by atoms with Gasteiger partial charge in [0.1, 0.15) is 0 Å². The van der Waals surface area contributed by atoms with Crippen molar-refractivity contribution in [3.63, 3.8) is 0 Å². The summed E-state index contributed by atoms with van der Waals surface area (Å²) in [6, 6.07) is 5.71. The number of nitrogens with two attached hydrogens (primary N) is 1. The monoisotopic (exact) mass is 249 g/mol. The standard InChI is InChI=1S/C13H19N3O2/c1-15(2)10-5-6-16(8-10)9-3-4-11(13(17)18)12(14)7-9/h3-4,7,10H,5-6,8,14H2,1-2H3,(H,17,18). The van der Waals surface area contributed by atoms with Crippen LogP contribution in [0.5, 0.6) is 0 Å². The molecule has 0 spiro atoms. The van der Waals surface area contributed by atoms with E-state index in [-0.39, 0.29) is 5.56 Å². The van der Waals surface area contributed by atoms with Crippen LogP contribution in [0.4, 0.5) is 11.4 Å². The molecule has 1 unspecified atom stereocenters. The van der Waals surface area contributed by atoms with E-state index in [0.29, 0.717) is 11.7 Å². The largest absolute Gasteiger partial charge is 0.478 e. The summed E-state index contributed by atoms with van der Waals surface area (Å²) in [6.07, 6.45) is 1.12. The number of benzene rings is 1. The van der Waals surface area contributed by atoms with Crippen molar-refractivity contribution in [3.8, 4) is 0 Å². The van der Waals surface area contributed by atoms with Crippen LogP contribution in [0.25, 0.3) is 0 Å². The molecule has 0 aliphatic carbocycles. The first-order valence-corrected chi connectivity index (χ1v) is 6.03. The molecule has 5 nitrogen and oxygen atoms in total. The number of carboxylic acids is 1. The number of rotatable bonds is 3. The third-order valence-electron chi connectivity index (χ3n) is 3.52. The smallest absolute Gasteiger partial charge is 0.337 e. The number of carboxylic acid groups (broad SMARTS) is 1. The number of nitrogens with zero attached hydrogens (tertiary/aromatic N) is 2. The third-order valence-corrected chi connectivity index (χ3v) is 3.52. The van der Waals surface area contributed by atoms with Gasteiger partial charge in [0.05, 0.1) is 5.56 Å². The van der Waals surface area contributed by atoms with Crippen molar-refractivity contribution in [1.82, 2.24) is 4.90 Å². The Bertz CT molecular complexity index is 460. The maximum absolute atomic E-state index is 10.9. The molecule has 1 aromatic carbocycles. The zero-order chi connectivity index (χ0) is 13.3. The highest BCUT2D eigenvalue weighted by atomic mass is 16.4. The molecule has 0 bridgehead atoms. The van der Waals surface area contributed by atoms with Gasteiger partial charge in [-0.2, -0.15) is 0 Å². The van der Waals surface area contributed by atoms with E-state index in [1.54, 1.807) is 12.1 Å². The Morgan fingerprint density at radius 2 is 2.22 bits per heavy atom. The van der Waals surface area contributed by atoms with Gasteiger partial charge in [-0.3, -0.25) is 0 Å². The topological polar surface area (TPSA) is 69.8 Å². The van der Waals surface area contributed by atoms with Crippen LogP contribution in [0.15, 0.2) is 18.2 Å². The predicted octanol–water partition coefficient (Wildman–Crippen LogP) is 1.11. The van der Waals surface area contributed by atoms with E-state index in [9.17, 15) is 4.79 Å². The fourth-order valence-corrected chi connectivity index (χ4v) is 2.34. The van der Waals surface area contributed by atoms with Crippen LogP contribution in [0.3, 0.4) is 0 Å². The molecule has 2 rings (SSSR count). The second-order valence-electron chi connectivity index (χ2n) is 4.93. The maximum Gasteiger partial charge on any atom is 0.337 e. The van der Waals surface area contributed by atoms with Gasteiger partial charge in [-0.15, -0.1) is 0 Å². The Labute approximate surface area is 107 Å². The number of carbonyl (C=O) groups is 1. The summed E-state index contributed by atoms with van der Waals surface area (Å²) in [7, 11) is 4.16. The SMILES string of the molecule is CN(C)C1CCN(c2ccc(C(=O)O)c(N)c2)C1. The second-order valence-corrected chi connectivity index (χ2v) is 4.93. The molecule has 1 heterocycles. The summed E-state index contributed by atoms with van der Waals surface area (Å²) < 4.78 is 0. The minimum absolute atomic E-state index is 0.169. The Kier molecular flexibility index (Phi) is 3.43. The van der Waals surface area contributed by atoms with Gasteiger partial charge < -0.3 is 20.6 Å². The zero-order valence-corrected chi connectivity index (χ0v) is 10.8. The Morgan fingerprint density at radius 3 is 2.72 bits per heavy atom. The lowest BCUT2D eigenvalue weighted by Crippen LogP contribution is -2.31. The van der Waals surface area contributed by atoms with E-state index in [0.717, 1.165) is 25.2 Å². The number of likely N-dealkylation sites (N-methyl/N-ethyl adjacent to an activating group) is 1. The van der Waals surface area contributed by atoms with E-state index in [4.69, 9.17) is 10.8 Å². The van der Waals surface area contributed by atoms with Crippen molar-refractivity contribution < 1.29 is 9.90 Å². The highest BCUT2D eigenvalue weighted by molar-refractivity contribution is 5.94. The number of hydrogen-bond acceptors (Lipinski definition) is 4. The third kappa shape index (κ3) is 2.41. The highest BCUT2D eigenvalue weighted by Gasteiger charge is 2.24. The van der Waals surface area contributed by atoms with Crippen molar-refractivity contribution in [1.29, 1.82) is 0 Å². The minimum Gasteiger partial charge on any atom is -0.478 e. The highest BCUT2D eigenvalue weighted by Crippen LogP contribution is 2.25. The average molecular weight is 249 g/mol. The fourth-order valence-electron chi connectivity index (χ4n) is 2.34. The molecule has 3 N–H and O–H groups in total. The first-order valence-electron chi connectivity index (χ1n) is 6.03. The van der Waals surface area contributed by atoms with Crippen LogP contribution in [0.1, 0.15) is 16.8 Å². The molecule has 0 radical (unpaired) electrons. The van der Waals surface area contributed by atoms with E-state index < -0.39 is 5.97 Å². The Hall–Kier alpha value is -1.75. The van der Waals surface area contributed by atoms with E-state index in [1.165, 1.54) is 0 Å². The molecule has 1 aliphatic rings. The quantitative estimate of drug-likeness (QED) is 0.785. The summed E-state index contributed by atoms with van der Waals surface area (Å²) in [4.78, 5) is 15.4. The first kappa shape index (κ1) is 12.7. The molecule has 98 valence electrons. The van der Waals surface area contributed by atoms with Gasteiger partial charge in [-0.05, 0) is 38.7 Å². The summed E-state index contributed by atoms with van der Waals surface area (Å²) in [5.41, 5.74) is 7.26. The molecule has 18 heavy (non-hydrogen) atoms. The van der Waals surface area contributed by atoms with E-state index in [2.05, 4.69) is 23.9 Å². The number of hydrogen-bond donors (Lipinski definition) is 2. The molecule has 0 saturated carbocycles. The summed E-state index contributed by atoms with van der Waals surface area (Å²) in [6.45, 7) is 1.94. The van der Waals surface area contributed by atoms with Gasteiger partial charge in [0, 0.05) is 30.5 Å². The number of anilines is 2. The molecular weight excluding hydrogens is 230 g/mol. The molecule has 1 saturated heterocycles. The van der Waals surface area contributed by atoms with Crippen LogP contribution in [-0.2, 0) is 0 Å². The second kappa shape index (κ2) is 4.86. The zero-order valence-electron chi connectivity index (χ0n) is 10.8. The van der Waals surface area contributed by atoms with E-state index in [1.807, 2.05) is 6.07 Å². The number of aromatic carboxylic acids is 1. The van der Waals surface area contributed by atoms with Gasteiger partial charge in [0.25, 0.3) is 0 Å². The van der Waals surface area contributed by atoms with Crippen molar-refractivity contribution in [3.05, 3.63) is 23.8 Å². The van der Waals surface area contributed by atoms with Gasteiger partial charge in [-0.1, -0.05) is 0 Å². The summed E-state index contributed by atoms with van der Waals surface area (Å²) in [5, 5.41) is 8.94. The van der Waals surface area contributed by atoms with E-state index >= 15 is 0 Å². The Morgan fingerprint density at radius 1 is 1.50 bits per heavy atom. The summed E-state index contributed by atoms with van der Waals surface area (Å²) in [5.74, 6) is -0.980. The molecule has 1 aromatic rings. The molecule has 0 amide bonds. The van der Waals surface area contributed by atoms with Gasteiger partial charge in [0.2, 0.25) is 0 Å². The molecule has 1 atom stereocenters. The van der Waals surface area contributed by atoms with Crippen LogP contribution < -0.4 is 10.6 Å². The minimum atomic E-state index is -0.980. The normalized spacial score (nSPS) is 19.5. The van der Waals surface area contributed by atoms with Crippen LogP contribution >= 0.6 is 0 Å². The average Bonchev–Trinajstić information content (AvgIpc) is 2.77. The van der Waals surface area contributed by atoms with Crippen molar-refractivity contribution in [2.75, 3.05) is 37.8 Å². The van der Waals surface area contributed by atoms with Crippen molar-refractivity contribution in [2.45, 2.75) is 12.5 Å². The molecule has 0 aromatic heterocycles. The van der Waals surface area contributed by atoms with Crippen molar-refractivity contribution >= 4 is 17.3 Å². The van der Waals surface area contributed by atoms with Gasteiger partial charge in [-0.25, -0.2) is 4.79 Å². The van der Waals surface area contributed by atoms with Gasteiger partial charge >= 0.3 is 5.97 Å². The van der Waals surface area contributed by atoms with Gasteiger partial charge in [0.15, 0.2) is 0 Å². The molecule has 5 heteroatoms. The predicted molar refractivity (Wildman–Crippen MR) is 72.1 cm³/mol. The van der Waals surface area contributed by atoms with Crippen LogP contribution in [-0.4, -0.2) is 49.2 Å². The van der Waals surface area contributed by atoms with Crippen molar-refractivity contribution in [2.24, 2.45) is 0 Å².